The molecule has 6 nitrogen and oxygen atoms in total. The number of nitrogens with two attached hydrogens (primary N) is 1. The van der Waals surface area contributed by atoms with Gasteiger partial charge in [0, 0.05) is 10.2 Å². The molecular formula is C19H15BrN2O4S. The number of anilines is 1. The fourth-order valence-corrected chi connectivity index (χ4v) is 3.25. The number of carbonyl (C=O) groups is 1. The van der Waals surface area contributed by atoms with Crippen LogP contribution in [0.1, 0.15) is 10.4 Å². The maximum atomic E-state index is 12.5. The molecule has 0 radical (unpaired) electrons. The molecule has 0 aliphatic carbocycles. The second-order valence-corrected chi connectivity index (χ2v) is 8.00. The fraction of sp³-hybridized carbons (Fsp3) is 0. The summed E-state index contributed by atoms with van der Waals surface area (Å²) in [7, 11) is -3.90. The predicted molar refractivity (Wildman–Crippen MR) is 106 cm³/mol. The molecule has 0 spiro atoms. The first-order valence-electron chi connectivity index (χ1n) is 7.79. The molecule has 3 aromatic carbocycles. The van der Waals surface area contributed by atoms with E-state index in [9.17, 15) is 13.2 Å². The highest BCUT2D eigenvalue weighted by atomic mass is 79.9. The Morgan fingerprint density at radius 2 is 1.56 bits per heavy atom. The smallest absolute Gasteiger partial charge is 0.256 e. The summed E-state index contributed by atoms with van der Waals surface area (Å²) in [5.74, 6) is 0.860. The summed E-state index contributed by atoms with van der Waals surface area (Å²) in [4.78, 5) is 12.3. The lowest BCUT2D eigenvalue weighted by molar-refractivity contribution is 0.102. The van der Waals surface area contributed by atoms with Crippen LogP contribution in [0.3, 0.4) is 0 Å². The number of nitrogens with one attached hydrogen (secondary N) is 1. The minimum Gasteiger partial charge on any atom is -0.457 e. The van der Waals surface area contributed by atoms with E-state index in [4.69, 9.17) is 9.88 Å². The summed E-state index contributed by atoms with van der Waals surface area (Å²) in [5.41, 5.74) is 0.694. The van der Waals surface area contributed by atoms with Gasteiger partial charge in [0.1, 0.15) is 11.5 Å². The number of benzene rings is 3. The second-order valence-electron chi connectivity index (χ2n) is 5.58. The number of para-hydroxylation sites is 1. The van der Waals surface area contributed by atoms with Gasteiger partial charge in [0.2, 0.25) is 10.0 Å². The van der Waals surface area contributed by atoms with Crippen molar-refractivity contribution in [2.75, 3.05) is 5.32 Å². The molecule has 0 bridgehead atoms. The topological polar surface area (TPSA) is 98.5 Å². The van der Waals surface area contributed by atoms with Crippen LogP contribution in [0.5, 0.6) is 11.5 Å². The Balaban J connectivity index is 1.75. The molecule has 0 aliphatic rings. The molecular weight excluding hydrogens is 432 g/mol. The van der Waals surface area contributed by atoms with E-state index in [1.807, 2.05) is 30.3 Å². The van der Waals surface area contributed by atoms with Crippen molar-refractivity contribution in [3.63, 3.8) is 0 Å². The highest BCUT2D eigenvalue weighted by Crippen LogP contribution is 2.24. The average molecular weight is 447 g/mol. The lowest BCUT2D eigenvalue weighted by atomic mass is 10.2. The van der Waals surface area contributed by atoms with Crippen LogP contribution in [-0.2, 0) is 10.0 Å². The highest BCUT2D eigenvalue weighted by molar-refractivity contribution is 9.10. The fourth-order valence-electron chi connectivity index (χ4n) is 2.28. The van der Waals surface area contributed by atoms with Crippen LogP contribution < -0.4 is 15.2 Å². The van der Waals surface area contributed by atoms with Crippen LogP contribution in [0.2, 0.25) is 0 Å². The van der Waals surface area contributed by atoms with Crippen LogP contribution in [0.15, 0.2) is 82.2 Å². The minimum absolute atomic E-state index is 0.137. The van der Waals surface area contributed by atoms with Gasteiger partial charge < -0.3 is 10.1 Å². The maximum absolute atomic E-state index is 12.5. The number of rotatable bonds is 5. The zero-order chi connectivity index (χ0) is 19.4. The second kappa shape index (κ2) is 7.91. The van der Waals surface area contributed by atoms with E-state index in [1.165, 1.54) is 18.2 Å². The molecule has 0 saturated heterocycles. The summed E-state index contributed by atoms with van der Waals surface area (Å²) in [6.45, 7) is 0. The minimum atomic E-state index is -3.90. The summed E-state index contributed by atoms with van der Waals surface area (Å²) < 4.78 is 29.1. The zero-order valence-electron chi connectivity index (χ0n) is 13.9. The number of hydrogen-bond acceptors (Lipinski definition) is 4. The van der Waals surface area contributed by atoms with Crippen LogP contribution >= 0.6 is 15.9 Å². The van der Waals surface area contributed by atoms with E-state index in [0.717, 1.165) is 0 Å². The van der Waals surface area contributed by atoms with Gasteiger partial charge in [-0.1, -0.05) is 18.2 Å². The van der Waals surface area contributed by atoms with Gasteiger partial charge in [-0.25, -0.2) is 13.6 Å². The lowest BCUT2D eigenvalue weighted by Crippen LogP contribution is -2.16. The summed E-state index contributed by atoms with van der Waals surface area (Å²) >= 11 is 3.24. The largest absolute Gasteiger partial charge is 0.457 e. The SMILES string of the molecule is NS(=O)(=O)c1ccc(Br)c(C(=O)Nc2ccc(Oc3ccccc3)cc2)c1. The number of sulfonamides is 1. The van der Waals surface area contributed by atoms with E-state index in [1.54, 1.807) is 24.3 Å². The molecule has 138 valence electrons. The van der Waals surface area contributed by atoms with E-state index in [2.05, 4.69) is 21.2 Å². The first-order chi connectivity index (χ1) is 12.8. The number of halogens is 1. The van der Waals surface area contributed by atoms with Crippen molar-refractivity contribution in [1.29, 1.82) is 0 Å². The third-order valence-corrected chi connectivity index (χ3v) is 5.20. The molecule has 1 amide bonds. The van der Waals surface area contributed by atoms with Crippen molar-refractivity contribution in [3.8, 4) is 11.5 Å². The van der Waals surface area contributed by atoms with Crippen molar-refractivity contribution in [2.45, 2.75) is 4.90 Å². The van der Waals surface area contributed by atoms with E-state index < -0.39 is 15.9 Å². The van der Waals surface area contributed by atoms with Gasteiger partial charge in [-0.05, 0) is 70.5 Å². The molecule has 27 heavy (non-hydrogen) atoms. The van der Waals surface area contributed by atoms with Crippen molar-refractivity contribution >= 4 is 37.5 Å². The number of primary sulfonamides is 1. The third kappa shape index (κ3) is 4.94. The average Bonchev–Trinajstić information content (AvgIpc) is 2.63. The molecule has 3 N–H and O–H groups in total. The van der Waals surface area contributed by atoms with Crippen molar-refractivity contribution < 1.29 is 17.9 Å². The van der Waals surface area contributed by atoms with Gasteiger partial charge >= 0.3 is 0 Å². The first-order valence-corrected chi connectivity index (χ1v) is 10.1. The Morgan fingerprint density at radius 1 is 0.926 bits per heavy atom. The standard InChI is InChI=1S/C19H15BrN2O4S/c20-18-11-10-16(27(21,24)25)12-17(18)19(23)22-13-6-8-15(9-7-13)26-14-4-2-1-3-5-14/h1-12H,(H,22,23)(H2,21,24,25). The molecule has 0 saturated carbocycles. The third-order valence-electron chi connectivity index (χ3n) is 3.60. The molecule has 3 rings (SSSR count). The van der Waals surface area contributed by atoms with Gasteiger partial charge in [-0.2, -0.15) is 0 Å². The van der Waals surface area contributed by atoms with Gasteiger partial charge in [0.25, 0.3) is 5.91 Å². The Labute approximate surface area is 165 Å². The van der Waals surface area contributed by atoms with E-state index in [-0.39, 0.29) is 10.5 Å². The molecule has 0 atom stereocenters. The van der Waals surface area contributed by atoms with Gasteiger partial charge in [0.15, 0.2) is 0 Å². The molecule has 0 aliphatic heterocycles. The van der Waals surface area contributed by atoms with Crippen LogP contribution in [-0.4, -0.2) is 14.3 Å². The van der Waals surface area contributed by atoms with E-state index >= 15 is 0 Å². The van der Waals surface area contributed by atoms with Crippen molar-refractivity contribution in [1.82, 2.24) is 0 Å². The zero-order valence-corrected chi connectivity index (χ0v) is 16.3. The van der Waals surface area contributed by atoms with Crippen molar-refractivity contribution in [2.24, 2.45) is 5.14 Å². The van der Waals surface area contributed by atoms with Gasteiger partial charge in [0.05, 0.1) is 10.5 Å². The van der Waals surface area contributed by atoms with Crippen molar-refractivity contribution in [3.05, 3.63) is 82.8 Å². The van der Waals surface area contributed by atoms with Gasteiger partial charge in [-0.15, -0.1) is 0 Å². The molecule has 0 fully saturated rings. The Morgan fingerprint density at radius 3 is 2.19 bits per heavy atom. The number of amides is 1. The van der Waals surface area contributed by atoms with Gasteiger partial charge in [-0.3, -0.25) is 4.79 Å². The van der Waals surface area contributed by atoms with E-state index in [0.29, 0.717) is 21.7 Å². The molecule has 8 heteroatoms. The lowest BCUT2D eigenvalue weighted by Gasteiger charge is -2.10. The van der Waals surface area contributed by atoms with Crippen LogP contribution in [0, 0.1) is 0 Å². The predicted octanol–water partition coefficient (Wildman–Crippen LogP) is 4.14. The Hall–Kier alpha value is -2.68. The maximum Gasteiger partial charge on any atom is 0.256 e. The molecule has 0 unspecified atom stereocenters. The first kappa shape index (κ1) is 19.1. The molecule has 3 aromatic rings. The number of hydrogen-bond donors (Lipinski definition) is 2. The quantitative estimate of drug-likeness (QED) is 0.614. The summed E-state index contributed by atoms with van der Waals surface area (Å²) in [6.07, 6.45) is 0. The summed E-state index contributed by atoms with van der Waals surface area (Å²) in [5, 5.41) is 7.83. The summed E-state index contributed by atoms with van der Waals surface area (Å²) in [6, 6.07) is 20.2. The Kier molecular flexibility index (Phi) is 5.59. The van der Waals surface area contributed by atoms with Crippen LogP contribution in [0.4, 0.5) is 5.69 Å². The number of carbonyl (C=O) groups excluding carboxylic acids is 1. The highest BCUT2D eigenvalue weighted by Gasteiger charge is 2.16. The normalized spacial score (nSPS) is 11.0. The Bertz CT molecular complexity index is 1070. The number of ether oxygens (including phenoxy) is 1. The monoisotopic (exact) mass is 446 g/mol. The molecule has 0 aromatic heterocycles. The molecule has 0 heterocycles. The van der Waals surface area contributed by atoms with Crippen LogP contribution in [0.25, 0.3) is 0 Å².